The van der Waals surface area contributed by atoms with Crippen molar-refractivity contribution in [3.05, 3.63) is 46.5 Å². The lowest BCUT2D eigenvalue weighted by Gasteiger charge is -2.47. The Balaban J connectivity index is 1.51. The summed E-state index contributed by atoms with van der Waals surface area (Å²) in [6.45, 7) is 9.65. The van der Waals surface area contributed by atoms with E-state index in [0.29, 0.717) is 38.9 Å². The van der Waals surface area contributed by atoms with Gasteiger partial charge in [-0.3, -0.25) is 14.5 Å². The minimum atomic E-state index is -0.880. The highest BCUT2D eigenvalue weighted by Gasteiger charge is 2.57. The number of aliphatic hydroxyl groups is 2. The number of benzene rings is 1. The number of β-amino-alcohol motifs (C(OH)–C–C–N with tert-alkyl or cyclic N) is 1. The van der Waals surface area contributed by atoms with Gasteiger partial charge in [-0.1, -0.05) is 50.0 Å². The van der Waals surface area contributed by atoms with E-state index < -0.39 is 17.1 Å². The molecule has 5 aliphatic rings. The van der Waals surface area contributed by atoms with E-state index in [-0.39, 0.29) is 23.5 Å². The van der Waals surface area contributed by atoms with Crippen molar-refractivity contribution in [3.8, 4) is 0 Å². The van der Waals surface area contributed by atoms with Gasteiger partial charge in [0.2, 0.25) is 5.91 Å². The second-order valence-electron chi connectivity index (χ2n) is 13.9. The Morgan fingerprint density at radius 2 is 1.73 bits per heavy atom. The standard InChI is InChI=1S/C35H52N2O4/c1-25-8-7-16-34(3)32(15-17-35(34,41)24-36-18-20-37(21-19-36)26(2)38)30-14-12-27(22-29(39)13-11-25)23-31(30)33(40)28-9-5-4-6-10-28/h8,12,14,23,28-29,32,39,41H,4-7,9-11,13,15-22,24H2,1-3H3/t29-,32-,34-,35+/m0/s1. The molecule has 0 unspecified atom stereocenters. The third-order valence-corrected chi connectivity index (χ3v) is 11.2. The van der Waals surface area contributed by atoms with Crippen LogP contribution in [0, 0.1) is 11.3 Å². The Hall–Kier alpha value is -2.02. The molecule has 4 atom stereocenters. The molecule has 2 saturated carbocycles. The molecule has 1 heterocycles. The maximum Gasteiger partial charge on any atom is 0.219 e. The first-order chi connectivity index (χ1) is 19.6. The van der Waals surface area contributed by atoms with Gasteiger partial charge in [-0.2, -0.15) is 0 Å². The Labute approximate surface area is 247 Å². The topological polar surface area (TPSA) is 81.1 Å². The van der Waals surface area contributed by atoms with Crippen LogP contribution in [-0.4, -0.2) is 76.1 Å². The third-order valence-electron chi connectivity index (χ3n) is 11.2. The number of aliphatic hydroxyl groups excluding tert-OH is 1. The van der Waals surface area contributed by atoms with Crippen molar-refractivity contribution in [1.82, 2.24) is 9.80 Å². The Morgan fingerprint density at radius 3 is 2.44 bits per heavy atom. The molecule has 226 valence electrons. The predicted octanol–water partition coefficient (Wildman–Crippen LogP) is 5.65. The molecule has 3 fully saturated rings. The fourth-order valence-corrected chi connectivity index (χ4v) is 8.39. The number of rotatable bonds is 4. The van der Waals surface area contributed by atoms with E-state index in [0.717, 1.165) is 81.1 Å². The second-order valence-corrected chi connectivity index (χ2v) is 13.9. The number of hydrogen-bond donors (Lipinski definition) is 2. The summed E-state index contributed by atoms with van der Waals surface area (Å²) in [5, 5.41) is 23.4. The lowest BCUT2D eigenvalue weighted by molar-refractivity contribution is -0.132. The molecule has 4 aliphatic carbocycles. The molecule has 0 spiro atoms. The smallest absolute Gasteiger partial charge is 0.219 e. The van der Waals surface area contributed by atoms with Gasteiger partial charge in [-0.15, -0.1) is 0 Å². The van der Waals surface area contributed by atoms with E-state index in [4.69, 9.17) is 0 Å². The quantitative estimate of drug-likeness (QED) is 0.365. The van der Waals surface area contributed by atoms with Crippen molar-refractivity contribution in [2.45, 2.75) is 115 Å². The first kappa shape index (κ1) is 30.4. The van der Waals surface area contributed by atoms with Crippen LogP contribution >= 0.6 is 0 Å². The molecule has 1 aromatic rings. The monoisotopic (exact) mass is 564 g/mol. The Bertz CT molecular complexity index is 1130. The molecule has 1 amide bonds. The molecule has 0 radical (unpaired) electrons. The summed E-state index contributed by atoms with van der Waals surface area (Å²) in [7, 11) is 0. The van der Waals surface area contributed by atoms with E-state index in [1.165, 1.54) is 12.0 Å². The van der Waals surface area contributed by atoms with Crippen molar-refractivity contribution in [2.24, 2.45) is 11.3 Å². The molecule has 2 bridgehead atoms. The number of Topliss-reactive ketones (excluding diaryl/α,β-unsaturated/α-hetero) is 1. The molecule has 41 heavy (non-hydrogen) atoms. The zero-order valence-corrected chi connectivity index (χ0v) is 25.7. The van der Waals surface area contributed by atoms with E-state index in [2.05, 4.69) is 43.0 Å². The lowest BCUT2D eigenvalue weighted by atomic mass is 9.64. The average Bonchev–Trinajstić information content (AvgIpc) is 3.21. The van der Waals surface area contributed by atoms with Crippen LogP contribution in [0.2, 0.25) is 0 Å². The van der Waals surface area contributed by atoms with Gasteiger partial charge >= 0.3 is 0 Å². The van der Waals surface area contributed by atoms with Gasteiger partial charge in [0.05, 0.1) is 11.7 Å². The van der Waals surface area contributed by atoms with Crippen molar-refractivity contribution in [3.63, 3.8) is 0 Å². The van der Waals surface area contributed by atoms with Crippen LogP contribution in [0.25, 0.3) is 0 Å². The molecule has 0 aromatic heterocycles. The maximum atomic E-state index is 14.2. The van der Waals surface area contributed by atoms with Crippen molar-refractivity contribution < 1.29 is 19.8 Å². The molecule has 6 rings (SSSR count). The maximum absolute atomic E-state index is 14.2. The highest BCUT2D eigenvalue weighted by atomic mass is 16.3. The summed E-state index contributed by atoms with van der Waals surface area (Å²) in [5.41, 5.74) is 3.02. The summed E-state index contributed by atoms with van der Waals surface area (Å²) in [6, 6.07) is 6.40. The van der Waals surface area contributed by atoms with Crippen LogP contribution in [0.1, 0.15) is 119 Å². The SMILES string of the molecule is CC(=O)N1CCN(C[C@]2(O)CC[C@H]3c4ccc(cc4C(=O)C4CCCCC4)C[C@@H](O)CCC(C)=CCC[C@@]32C)CC1. The number of amides is 1. The van der Waals surface area contributed by atoms with Gasteiger partial charge in [0.15, 0.2) is 5.78 Å². The zero-order valence-electron chi connectivity index (χ0n) is 25.7. The van der Waals surface area contributed by atoms with Crippen molar-refractivity contribution >= 4 is 11.7 Å². The van der Waals surface area contributed by atoms with Gasteiger partial charge in [0, 0.05) is 56.5 Å². The molecular formula is C35H52N2O4. The van der Waals surface area contributed by atoms with E-state index in [1.807, 2.05) is 4.90 Å². The normalized spacial score (nSPS) is 32.3. The number of nitrogens with zero attached hydrogens (tertiary/aromatic N) is 2. The number of carbonyl (C=O) groups is 2. The van der Waals surface area contributed by atoms with E-state index in [1.54, 1.807) is 6.92 Å². The second kappa shape index (κ2) is 12.7. The highest BCUT2D eigenvalue weighted by molar-refractivity contribution is 5.99. The molecule has 6 heteroatoms. The predicted molar refractivity (Wildman–Crippen MR) is 163 cm³/mol. The molecule has 2 N–H and O–H groups in total. The van der Waals surface area contributed by atoms with Crippen LogP contribution < -0.4 is 0 Å². The van der Waals surface area contributed by atoms with Crippen molar-refractivity contribution in [1.29, 1.82) is 0 Å². The first-order valence-electron chi connectivity index (χ1n) is 16.3. The summed E-state index contributed by atoms with van der Waals surface area (Å²) in [6.07, 6.45) is 12.7. The van der Waals surface area contributed by atoms with Crippen LogP contribution in [0.15, 0.2) is 29.8 Å². The number of ketones is 1. The molecule has 1 aromatic carbocycles. The van der Waals surface area contributed by atoms with E-state index in [9.17, 15) is 19.8 Å². The third kappa shape index (κ3) is 6.50. The minimum Gasteiger partial charge on any atom is -0.393 e. The number of hydrogen-bond acceptors (Lipinski definition) is 5. The Morgan fingerprint density at radius 1 is 1.00 bits per heavy atom. The van der Waals surface area contributed by atoms with Crippen LogP contribution in [0.4, 0.5) is 0 Å². The first-order valence-corrected chi connectivity index (χ1v) is 16.3. The summed E-state index contributed by atoms with van der Waals surface area (Å²) in [5.74, 6) is 0.563. The van der Waals surface area contributed by atoms with Gasteiger partial charge in [-0.05, 0) is 87.8 Å². The number of allylic oxidation sites excluding steroid dienone is 2. The molecule has 6 nitrogen and oxygen atoms in total. The zero-order chi connectivity index (χ0) is 29.2. The fourth-order valence-electron chi connectivity index (χ4n) is 8.39. The molecular weight excluding hydrogens is 512 g/mol. The van der Waals surface area contributed by atoms with Crippen LogP contribution in [0.3, 0.4) is 0 Å². The fraction of sp³-hybridized carbons (Fsp3) is 0.714. The number of fused-ring (bicyclic) bond motifs is 8. The van der Waals surface area contributed by atoms with Gasteiger partial charge < -0.3 is 15.1 Å². The minimum absolute atomic E-state index is 0.0799. The molecule has 1 aliphatic heterocycles. The largest absolute Gasteiger partial charge is 0.393 e. The van der Waals surface area contributed by atoms with Gasteiger partial charge in [-0.25, -0.2) is 0 Å². The van der Waals surface area contributed by atoms with E-state index >= 15 is 0 Å². The van der Waals surface area contributed by atoms with Crippen LogP contribution in [0.5, 0.6) is 0 Å². The van der Waals surface area contributed by atoms with Gasteiger partial charge in [0.1, 0.15) is 0 Å². The summed E-state index contributed by atoms with van der Waals surface area (Å²) >= 11 is 0. The Kier molecular flexibility index (Phi) is 9.42. The average molecular weight is 565 g/mol. The lowest BCUT2D eigenvalue weighted by Crippen LogP contribution is -2.57. The number of carbonyl (C=O) groups excluding carboxylic acids is 2. The summed E-state index contributed by atoms with van der Waals surface area (Å²) in [4.78, 5) is 30.3. The van der Waals surface area contributed by atoms with Crippen LogP contribution in [-0.2, 0) is 11.2 Å². The highest BCUT2D eigenvalue weighted by Crippen LogP contribution is 2.59. The molecule has 1 saturated heterocycles. The van der Waals surface area contributed by atoms with Gasteiger partial charge in [0.25, 0.3) is 0 Å². The summed E-state index contributed by atoms with van der Waals surface area (Å²) < 4.78 is 0. The number of piperazine rings is 1. The van der Waals surface area contributed by atoms with Crippen molar-refractivity contribution in [2.75, 3.05) is 32.7 Å².